The first-order valence-corrected chi connectivity index (χ1v) is 7.20. The Morgan fingerprint density at radius 1 is 1.42 bits per heavy atom. The zero-order valence-corrected chi connectivity index (χ0v) is 12.3. The molecule has 1 N–H and O–H groups in total. The summed E-state index contributed by atoms with van der Waals surface area (Å²) < 4.78 is 2.95. The second-order valence-corrected chi connectivity index (χ2v) is 6.39. The molecule has 1 aliphatic rings. The monoisotopic (exact) mass is 276 g/mol. The van der Waals surface area contributed by atoms with Crippen molar-refractivity contribution in [1.29, 1.82) is 0 Å². The molecule has 2 aromatic heterocycles. The van der Waals surface area contributed by atoms with E-state index in [-0.39, 0.29) is 0 Å². The van der Waals surface area contributed by atoms with Crippen LogP contribution >= 0.6 is 12.2 Å². The Morgan fingerprint density at radius 2 is 2.16 bits per heavy atom. The maximum atomic E-state index is 5.45. The Labute approximate surface area is 118 Å². The maximum Gasteiger partial charge on any atom is 0.179 e. The number of hydrogen-bond acceptors (Lipinski definition) is 3. The van der Waals surface area contributed by atoms with Gasteiger partial charge >= 0.3 is 0 Å². The second kappa shape index (κ2) is 4.72. The molecule has 19 heavy (non-hydrogen) atoms. The molecule has 0 aromatic carbocycles. The van der Waals surface area contributed by atoms with Crippen LogP contribution < -0.4 is 0 Å². The van der Waals surface area contributed by atoms with Gasteiger partial charge in [0.05, 0.1) is 5.52 Å². The Bertz CT molecular complexity index is 634. The highest BCUT2D eigenvalue weighted by molar-refractivity contribution is 7.71. The molecule has 0 radical (unpaired) electrons. The van der Waals surface area contributed by atoms with Crippen molar-refractivity contribution in [2.45, 2.75) is 26.3 Å². The quantitative estimate of drug-likeness (QED) is 0.857. The molecule has 3 heterocycles. The number of rotatable bonds is 2. The average Bonchev–Trinajstić information content (AvgIpc) is 2.70. The van der Waals surface area contributed by atoms with Gasteiger partial charge in [-0.25, -0.2) is 4.98 Å². The molecule has 0 spiro atoms. The van der Waals surface area contributed by atoms with Gasteiger partial charge in [0.1, 0.15) is 0 Å². The molecule has 0 bridgehead atoms. The van der Waals surface area contributed by atoms with Crippen LogP contribution in [0.2, 0.25) is 0 Å². The van der Waals surface area contributed by atoms with Crippen LogP contribution in [-0.2, 0) is 6.54 Å². The fourth-order valence-corrected chi connectivity index (χ4v) is 3.09. The predicted molar refractivity (Wildman–Crippen MR) is 79.8 cm³/mol. The van der Waals surface area contributed by atoms with E-state index in [2.05, 4.69) is 33.4 Å². The van der Waals surface area contributed by atoms with Gasteiger partial charge in [0.25, 0.3) is 0 Å². The Hall–Kier alpha value is -1.20. The maximum absolute atomic E-state index is 5.45. The first kappa shape index (κ1) is 12.8. The molecular formula is C14H20N4S. The van der Waals surface area contributed by atoms with E-state index in [1.807, 2.05) is 18.3 Å². The van der Waals surface area contributed by atoms with E-state index in [4.69, 9.17) is 12.2 Å². The summed E-state index contributed by atoms with van der Waals surface area (Å²) in [7, 11) is 2.19. The van der Waals surface area contributed by atoms with E-state index in [0.717, 1.165) is 22.5 Å². The molecule has 0 atom stereocenters. The molecule has 5 heteroatoms. The van der Waals surface area contributed by atoms with Crippen molar-refractivity contribution in [1.82, 2.24) is 19.4 Å². The first-order valence-electron chi connectivity index (χ1n) is 6.80. The van der Waals surface area contributed by atoms with Crippen LogP contribution in [0.3, 0.4) is 0 Å². The number of piperidine rings is 1. The summed E-state index contributed by atoms with van der Waals surface area (Å²) in [5, 5.41) is 0. The number of fused-ring (bicyclic) bond motifs is 1. The molecule has 0 saturated carbocycles. The van der Waals surface area contributed by atoms with Crippen LogP contribution in [0.5, 0.6) is 0 Å². The smallest absolute Gasteiger partial charge is 0.179 e. The van der Waals surface area contributed by atoms with E-state index in [0.29, 0.717) is 5.41 Å². The van der Waals surface area contributed by atoms with E-state index < -0.39 is 0 Å². The van der Waals surface area contributed by atoms with Crippen molar-refractivity contribution in [3.63, 3.8) is 0 Å². The number of hydrogen-bond donors (Lipinski definition) is 1. The second-order valence-electron chi connectivity index (χ2n) is 6.00. The number of H-pyrrole nitrogens is 1. The van der Waals surface area contributed by atoms with E-state index in [1.165, 1.54) is 25.9 Å². The molecule has 1 aliphatic heterocycles. The van der Waals surface area contributed by atoms with Crippen molar-refractivity contribution in [2.24, 2.45) is 5.41 Å². The highest BCUT2D eigenvalue weighted by atomic mass is 32.1. The molecule has 102 valence electrons. The van der Waals surface area contributed by atoms with Crippen molar-refractivity contribution in [3.05, 3.63) is 23.1 Å². The summed E-state index contributed by atoms with van der Waals surface area (Å²) in [5.41, 5.74) is 2.33. The minimum absolute atomic E-state index is 0.317. The molecule has 0 aliphatic carbocycles. The minimum atomic E-state index is 0.317. The van der Waals surface area contributed by atoms with Gasteiger partial charge in [-0.3, -0.25) is 0 Å². The lowest BCUT2D eigenvalue weighted by Gasteiger charge is -2.38. The summed E-state index contributed by atoms with van der Waals surface area (Å²) in [4.78, 5) is 10.1. The number of likely N-dealkylation sites (tertiary alicyclic amines) is 1. The summed E-state index contributed by atoms with van der Waals surface area (Å²) >= 11 is 5.45. The van der Waals surface area contributed by atoms with Gasteiger partial charge in [0, 0.05) is 12.7 Å². The normalized spacial score (nSPS) is 19.9. The number of pyridine rings is 1. The van der Waals surface area contributed by atoms with Gasteiger partial charge in [-0.05, 0) is 62.7 Å². The summed E-state index contributed by atoms with van der Waals surface area (Å²) in [6.45, 7) is 5.65. The topological polar surface area (TPSA) is 36.9 Å². The van der Waals surface area contributed by atoms with Crippen LogP contribution in [-0.4, -0.2) is 39.6 Å². The number of imidazole rings is 1. The molecule has 0 amide bonds. The van der Waals surface area contributed by atoms with Crippen molar-refractivity contribution in [2.75, 3.05) is 20.1 Å². The standard InChI is InChI=1S/C14H20N4S/c1-14(5-8-17(2)9-6-14)10-18-12-11(16-13(18)19)4-3-7-15-12/h3-4,7H,5-6,8-10H2,1-2H3,(H,16,19). The fraction of sp³-hybridized carbons (Fsp3) is 0.571. The highest BCUT2D eigenvalue weighted by Gasteiger charge is 2.30. The minimum Gasteiger partial charge on any atom is -0.329 e. The molecule has 1 saturated heterocycles. The SMILES string of the molecule is CN1CCC(C)(Cn2c(=S)[nH]c3cccnc32)CC1. The number of aromatic amines is 1. The van der Waals surface area contributed by atoms with Gasteiger partial charge in [0.2, 0.25) is 0 Å². The van der Waals surface area contributed by atoms with Gasteiger partial charge in [0.15, 0.2) is 10.4 Å². The van der Waals surface area contributed by atoms with Crippen LogP contribution in [0, 0.1) is 10.2 Å². The van der Waals surface area contributed by atoms with E-state index >= 15 is 0 Å². The largest absolute Gasteiger partial charge is 0.329 e. The van der Waals surface area contributed by atoms with E-state index in [1.54, 1.807) is 0 Å². The summed E-state index contributed by atoms with van der Waals surface area (Å²) in [6.07, 6.45) is 4.26. The third-order valence-corrected chi connectivity index (χ3v) is 4.59. The number of aromatic nitrogens is 3. The third-order valence-electron chi connectivity index (χ3n) is 4.26. The molecule has 0 unspecified atom stereocenters. The van der Waals surface area contributed by atoms with Crippen molar-refractivity contribution in [3.8, 4) is 0 Å². The lowest BCUT2D eigenvalue weighted by Crippen LogP contribution is -2.38. The zero-order valence-electron chi connectivity index (χ0n) is 11.5. The zero-order chi connectivity index (χ0) is 13.5. The third kappa shape index (κ3) is 2.44. The van der Waals surface area contributed by atoms with Gasteiger partial charge in [-0.15, -0.1) is 0 Å². The number of nitrogens with zero attached hydrogens (tertiary/aromatic N) is 3. The lowest BCUT2D eigenvalue weighted by atomic mass is 9.80. The van der Waals surface area contributed by atoms with Gasteiger partial charge in [-0.2, -0.15) is 0 Å². The van der Waals surface area contributed by atoms with Crippen LogP contribution in [0.15, 0.2) is 18.3 Å². The Morgan fingerprint density at radius 3 is 2.89 bits per heavy atom. The number of nitrogens with one attached hydrogen (secondary N) is 1. The Kier molecular flexibility index (Phi) is 3.19. The average molecular weight is 276 g/mol. The van der Waals surface area contributed by atoms with Crippen molar-refractivity contribution >= 4 is 23.4 Å². The van der Waals surface area contributed by atoms with Gasteiger partial charge < -0.3 is 14.5 Å². The Balaban J connectivity index is 1.93. The van der Waals surface area contributed by atoms with Crippen LogP contribution in [0.25, 0.3) is 11.2 Å². The predicted octanol–water partition coefficient (Wildman–Crippen LogP) is 2.83. The van der Waals surface area contributed by atoms with Crippen molar-refractivity contribution < 1.29 is 0 Å². The lowest BCUT2D eigenvalue weighted by molar-refractivity contribution is 0.121. The fourth-order valence-electron chi connectivity index (χ4n) is 2.83. The summed E-state index contributed by atoms with van der Waals surface area (Å²) in [6, 6.07) is 3.97. The molecule has 4 nitrogen and oxygen atoms in total. The molecular weight excluding hydrogens is 256 g/mol. The molecule has 3 rings (SSSR count). The first-order chi connectivity index (χ1) is 9.07. The molecule has 2 aromatic rings. The molecule has 1 fully saturated rings. The van der Waals surface area contributed by atoms with Crippen LogP contribution in [0.1, 0.15) is 19.8 Å². The van der Waals surface area contributed by atoms with E-state index in [9.17, 15) is 0 Å². The van der Waals surface area contributed by atoms with Gasteiger partial charge in [-0.1, -0.05) is 6.92 Å². The van der Waals surface area contributed by atoms with Crippen LogP contribution in [0.4, 0.5) is 0 Å². The summed E-state index contributed by atoms with van der Waals surface area (Å²) in [5.74, 6) is 0. The highest BCUT2D eigenvalue weighted by Crippen LogP contribution is 2.33.